The van der Waals surface area contributed by atoms with E-state index in [2.05, 4.69) is 15.9 Å². The Hall–Kier alpha value is -3.48. The Kier molecular flexibility index (Phi) is 7.72. The second kappa shape index (κ2) is 11.1. The molecule has 0 spiro atoms. The van der Waals surface area contributed by atoms with Gasteiger partial charge >= 0.3 is 0 Å². The maximum atomic E-state index is 12.9. The number of nitro benzene ring substituents is 1. The molecular weight excluding hydrogens is 432 g/mol. The molecule has 2 aromatic carbocycles. The smallest absolute Gasteiger partial charge is 0.292 e. The lowest BCUT2D eigenvalue weighted by atomic mass is 10.1. The van der Waals surface area contributed by atoms with Crippen molar-refractivity contribution in [2.45, 2.75) is 13.0 Å². The quantitative estimate of drug-likeness (QED) is 0.480. The van der Waals surface area contributed by atoms with E-state index in [4.69, 9.17) is 5.26 Å². The number of benzene rings is 2. The van der Waals surface area contributed by atoms with Crippen molar-refractivity contribution in [3.05, 3.63) is 69.8 Å². The van der Waals surface area contributed by atoms with Gasteiger partial charge in [-0.2, -0.15) is 5.26 Å². The van der Waals surface area contributed by atoms with Crippen LogP contribution in [0.3, 0.4) is 0 Å². The van der Waals surface area contributed by atoms with E-state index in [1.807, 2.05) is 40.1 Å². The second-order valence-corrected chi connectivity index (χ2v) is 8.83. The van der Waals surface area contributed by atoms with Crippen molar-refractivity contribution < 1.29 is 9.72 Å². The minimum Gasteiger partial charge on any atom is -0.362 e. The number of hydrogen-bond donors (Lipinski definition) is 0. The van der Waals surface area contributed by atoms with Gasteiger partial charge in [-0.15, -0.1) is 0 Å². The lowest BCUT2D eigenvalue weighted by Crippen LogP contribution is -2.51. The van der Waals surface area contributed by atoms with Crippen molar-refractivity contribution >= 4 is 17.3 Å². The van der Waals surface area contributed by atoms with Gasteiger partial charge in [0.05, 0.1) is 23.1 Å². The van der Waals surface area contributed by atoms with Crippen LogP contribution in [-0.4, -0.2) is 84.4 Å². The monoisotopic (exact) mass is 462 g/mol. The van der Waals surface area contributed by atoms with Gasteiger partial charge in [0.15, 0.2) is 0 Å². The molecule has 9 heteroatoms. The van der Waals surface area contributed by atoms with Gasteiger partial charge in [0.1, 0.15) is 5.69 Å². The van der Waals surface area contributed by atoms with Crippen molar-refractivity contribution in [2.75, 3.05) is 63.8 Å². The third kappa shape index (κ3) is 5.90. The van der Waals surface area contributed by atoms with Crippen LogP contribution in [0, 0.1) is 21.4 Å². The number of para-hydroxylation sites is 2. The molecule has 2 fully saturated rings. The van der Waals surface area contributed by atoms with Crippen molar-refractivity contribution in [2.24, 2.45) is 0 Å². The average molecular weight is 463 g/mol. The lowest BCUT2D eigenvalue weighted by Gasteiger charge is -2.36. The van der Waals surface area contributed by atoms with E-state index in [0.717, 1.165) is 39.1 Å². The van der Waals surface area contributed by atoms with Crippen LogP contribution in [-0.2, 0) is 11.3 Å². The Morgan fingerprint density at radius 2 is 1.59 bits per heavy atom. The molecule has 1 amide bonds. The number of nitro groups is 1. The standard InChI is InChI=1S/C25H30N6O3/c26-18-21-6-8-22(9-7-21)19-27-10-3-11-28(13-12-27)20-25(32)30-16-14-29(15-17-30)23-4-1-2-5-24(23)31(33)34/h1-2,4-9H,3,10-17,19-20H2. The Morgan fingerprint density at radius 1 is 0.912 bits per heavy atom. The third-order valence-electron chi connectivity index (χ3n) is 6.58. The summed E-state index contributed by atoms with van der Waals surface area (Å²) in [5, 5.41) is 20.3. The summed E-state index contributed by atoms with van der Waals surface area (Å²) in [6.07, 6.45) is 1.01. The van der Waals surface area contributed by atoms with Crippen LogP contribution in [0.2, 0.25) is 0 Å². The fourth-order valence-corrected chi connectivity index (χ4v) is 4.66. The molecule has 2 saturated heterocycles. The molecule has 0 radical (unpaired) electrons. The van der Waals surface area contributed by atoms with Gasteiger partial charge in [-0.3, -0.25) is 24.7 Å². The lowest BCUT2D eigenvalue weighted by molar-refractivity contribution is -0.384. The van der Waals surface area contributed by atoms with Gasteiger partial charge in [0, 0.05) is 51.9 Å². The summed E-state index contributed by atoms with van der Waals surface area (Å²) in [6, 6.07) is 16.7. The van der Waals surface area contributed by atoms with E-state index in [1.54, 1.807) is 12.1 Å². The number of carbonyl (C=O) groups excluding carboxylic acids is 1. The highest BCUT2D eigenvalue weighted by Gasteiger charge is 2.26. The normalized spacial score (nSPS) is 17.7. The van der Waals surface area contributed by atoms with E-state index in [0.29, 0.717) is 44.0 Å². The van der Waals surface area contributed by atoms with Crippen LogP contribution in [0.25, 0.3) is 0 Å². The molecule has 0 N–H and O–H groups in total. The minimum atomic E-state index is -0.350. The summed E-state index contributed by atoms with van der Waals surface area (Å²) in [6.45, 7) is 7.22. The predicted octanol–water partition coefficient (Wildman–Crippen LogP) is 2.32. The number of nitriles is 1. The Morgan fingerprint density at radius 3 is 2.29 bits per heavy atom. The highest BCUT2D eigenvalue weighted by Crippen LogP contribution is 2.28. The van der Waals surface area contributed by atoms with E-state index in [9.17, 15) is 14.9 Å². The zero-order valence-corrected chi connectivity index (χ0v) is 19.3. The number of hydrogen-bond acceptors (Lipinski definition) is 7. The van der Waals surface area contributed by atoms with Gasteiger partial charge in [-0.05, 0) is 43.3 Å². The van der Waals surface area contributed by atoms with Gasteiger partial charge in [0.2, 0.25) is 5.91 Å². The molecule has 0 aliphatic carbocycles. The molecule has 2 aromatic rings. The van der Waals surface area contributed by atoms with Crippen molar-refractivity contribution in [1.29, 1.82) is 5.26 Å². The highest BCUT2D eigenvalue weighted by atomic mass is 16.6. The van der Waals surface area contributed by atoms with Crippen molar-refractivity contribution in [3.63, 3.8) is 0 Å². The molecule has 4 rings (SSSR count). The summed E-state index contributed by atoms with van der Waals surface area (Å²) in [5.74, 6) is 0.128. The number of rotatable bonds is 6. The molecule has 2 heterocycles. The van der Waals surface area contributed by atoms with Crippen LogP contribution >= 0.6 is 0 Å². The number of nitrogens with zero attached hydrogens (tertiary/aromatic N) is 6. The molecule has 2 aliphatic rings. The zero-order chi connectivity index (χ0) is 23.9. The number of piperazine rings is 1. The molecule has 2 aliphatic heterocycles. The van der Waals surface area contributed by atoms with Crippen LogP contribution < -0.4 is 4.90 Å². The summed E-state index contributed by atoms with van der Waals surface area (Å²) in [4.78, 5) is 32.4. The van der Waals surface area contributed by atoms with Crippen LogP contribution in [0.4, 0.5) is 11.4 Å². The molecule has 0 aromatic heterocycles. The molecule has 0 saturated carbocycles. The first kappa shape index (κ1) is 23.7. The molecule has 178 valence electrons. The largest absolute Gasteiger partial charge is 0.362 e. The number of amides is 1. The van der Waals surface area contributed by atoms with Gasteiger partial charge in [0.25, 0.3) is 5.69 Å². The van der Waals surface area contributed by atoms with Gasteiger partial charge in [-0.1, -0.05) is 24.3 Å². The average Bonchev–Trinajstić information content (AvgIpc) is 3.09. The molecule has 0 bridgehead atoms. The maximum Gasteiger partial charge on any atom is 0.292 e. The van der Waals surface area contributed by atoms with Gasteiger partial charge in [-0.25, -0.2) is 0 Å². The Balaban J connectivity index is 1.24. The van der Waals surface area contributed by atoms with E-state index in [-0.39, 0.29) is 16.5 Å². The van der Waals surface area contributed by atoms with Crippen molar-refractivity contribution in [3.8, 4) is 6.07 Å². The summed E-state index contributed by atoms with van der Waals surface area (Å²) < 4.78 is 0. The first-order valence-electron chi connectivity index (χ1n) is 11.7. The molecule has 9 nitrogen and oxygen atoms in total. The van der Waals surface area contributed by atoms with E-state index in [1.165, 1.54) is 11.6 Å². The Labute approximate surface area is 199 Å². The zero-order valence-electron chi connectivity index (χ0n) is 19.3. The maximum absolute atomic E-state index is 12.9. The third-order valence-corrected chi connectivity index (χ3v) is 6.58. The first-order valence-corrected chi connectivity index (χ1v) is 11.7. The first-order chi connectivity index (χ1) is 16.5. The molecular formula is C25H30N6O3. The fourth-order valence-electron chi connectivity index (χ4n) is 4.66. The summed E-state index contributed by atoms with van der Waals surface area (Å²) in [7, 11) is 0. The molecule has 0 unspecified atom stereocenters. The predicted molar refractivity (Wildman–Crippen MR) is 129 cm³/mol. The van der Waals surface area contributed by atoms with Crippen LogP contribution in [0.15, 0.2) is 48.5 Å². The summed E-state index contributed by atoms with van der Waals surface area (Å²) >= 11 is 0. The minimum absolute atomic E-state index is 0.109. The number of carbonyl (C=O) groups is 1. The SMILES string of the molecule is N#Cc1ccc(CN2CCCN(CC(=O)N3CCN(c4ccccc4[N+](=O)[O-])CC3)CC2)cc1. The second-order valence-electron chi connectivity index (χ2n) is 8.83. The highest BCUT2D eigenvalue weighted by molar-refractivity contribution is 5.78. The molecule has 34 heavy (non-hydrogen) atoms. The van der Waals surface area contributed by atoms with Gasteiger partial charge < -0.3 is 9.80 Å². The van der Waals surface area contributed by atoms with E-state index >= 15 is 0 Å². The van der Waals surface area contributed by atoms with E-state index < -0.39 is 0 Å². The summed E-state index contributed by atoms with van der Waals surface area (Å²) in [5.41, 5.74) is 2.60. The number of anilines is 1. The van der Waals surface area contributed by atoms with Crippen LogP contribution in [0.1, 0.15) is 17.5 Å². The van der Waals surface area contributed by atoms with Crippen LogP contribution in [0.5, 0.6) is 0 Å². The Bertz CT molecular complexity index is 1040. The van der Waals surface area contributed by atoms with Crippen molar-refractivity contribution in [1.82, 2.24) is 14.7 Å². The fraction of sp³-hybridized carbons (Fsp3) is 0.440. The molecule has 0 atom stereocenters. The topological polar surface area (TPSA) is 97.0 Å².